The van der Waals surface area contributed by atoms with Crippen molar-refractivity contribution in [1.29, 1.82) is 0 Å². The first-order valence-electron chi connectivity index (χ1n) is 10.7. The van der Waals surface area contributed by atoms with Gasteiger partial charge < -0.3 is 25.0 Å². The number of anilines is 1. The summed E-state index contributed by atoms with van der Waals surface area (Å²) in [6, 6.07) is 2.97. The molecule has 0 radical (unpaired) electrons. The Morgan fingerprint density at radius 2 is 2.03 bits per heavy atom. The summed E-state index contributed by atoms with van der Waals surface area (Å²) in [5, 5.41) is 25.0. The Labute approximate surface area is 194 Å². The summed E-state index contributed by atoms with van der Waals surface area (Å²) in [6.07, 6.45) is 1.49. The van der Waals surface area contributed by atoms with Gasteiger partial charge in [-0.3, -0.25) is 4.98 Å². The lowest BCUT2D eigenvalue weighted by Crippen LogP contribution is -2.48. The van der Waals surface area contributed by atoms with Gasteiger partial charge in [-0.05, 0) is 44.9 Å². The number of halogens is 2. The molecule has 2 bridgehead atoms. The van der Waals surface area contributed by atoms with E-state index >= 15 is 0 Å². The van der Waals surface area contributed by atoms with Crippen LogP contribution in [-0.4, -0.2) is 56.3 Å². The number of rotatable bonds is 4. The van der Waals surface area contributed by atoms with E-state index in [1.807, 2.05) is 6.92 Å². The van der Waals surface area contributed by atoms with Crippen molar-refractivity contribution in [3.8, 4) is 11.3 Å². The highest BCUT2D eigenvalue weighted by atomic mass is 35.5. The molecule has 33 heavy (non-hydrogen) atoms. The Kier molecular flexibility index (Phi) is 5.49. The SMILES string of the molecule is Cc1c(C(C)(C)O)cnc2c(Cl)cc(-c3nc(N[C@@H]4C[C@H]5CO[C@H](O5)[C@H]4O)ncc3F)cc12. The molecule has 8 nitrogen and oxygen atoms in total. The lowest BCUT2D eigenvalue weighted by atomic mass is 9.92. The Balaban J connectivity index is 1.53. The molecule has 3 N–H and O–H groups in total. The minimum absolute atomic E-state index is 0.0603. The molecule has 2 saturated heterocycles. The molecule has 5 rings (SSSR count). The van der Waals surface area contributed by atoms with E-state index in [-0.39, 0.29) is 17.7 Å². The third kappa shape index (κ3) is 4.04. The van der Waals surface area contributed by atoms with Crippen molar-refractivity contribution in [2.75, 3.05) is 11.9 Å². The zero-order valence-electron chi connectivity index (χ0n) is 18.3. The van der Waals surface area contributed by atoms with Crippen LogP contribution >= 0.6 is 11.6 Å². The fraction of sp³-hybridized carbons (Fsp3) is 0.435. The summed E-state index contributed by atoms with van der Waals surface area (Å²) >= 11 is 6.49. The number of fused-ring (bicyclic) bond motifs is 3. The van der Waals surface area contributed by atoms with Crippen LogP contribution in [0.5, 0.6) is 0 Å². The largest absolute Gasteiger partial charge is 0.386 e. The molecule has 2 fully saturated rings. The summed E-state index contributed by atoms with van der Waals surface area (Å²) in [4.78, 5) is 12.8. The van der Waals surface area contributed by atoms with Crippen molar-refractivity contribution in [2.45, 2.75) is 57.3 Å². The van der Waals surface area contributed by atoms with Gasteiger partial charge in [-0.15, -0.1) is 0 Å². The van der Waals surface area contributed by atoms with Crippen LogP contribution < -0.4 is 5.32 Å². The summed E-state index contributed by atoms with van der Waals surface area (Å²) in [5.41, 5.74) is 1.41. The molecule has 1 aromatic carbocycles. The molecule has 2 aromatic heterocycles. The second-order valence-electron chi connectivity index (χ2n) is 9.04. The van der Waals surface area contributed by atoms with E-state index in [1.54, 1.807) is 32.2 Å². The maximum absolute atomic E-state index is 14.8. The van der Waals surface area contributed by atoms with Gasteiger partial charge in [-0.1, -0.05) is 11.6 Å². The number of nitrogens with zero attached hydrogens (tertiary/aromatic N) is 3. The normalized spacial score (nSPS) is 24.9. The second kappa shape index (κ2) is 8.11. The van der Waals surface area contributed by atoms with Crippen molar-refractivity contribution in [2.24, 2.45) is 0 Å². The molecule has 2 aliphatic heterocycles. The van der Waals surface area contributed by atoms with E-state index in [9.17, 15) is 14.6 Å². The molecule has 0 saturated carbocycles. The van der Waals surface area contributed by atoms with Gasteiger partial charge in [0.05, 0.1) is 41.1 Å². The van der Waals surface area contributed by atoms with Crippen LogP contribution in [0.15, 0.2) is 24.5 Å². The standard InChI is InChI=1S/C23H24ClFN4O4/c1-10-13-4-11(5-15(24)19(13)26-7-14(10)23(2,3)31)18-16(25)8-27-22(29-18)28-17-6-12-9-32-21(33-12)20(17)30/h4-5,7-8,12,17,20-21,30-31H,6,9H2,1-3H3,(H,27,28,29)/t12-,17+,20-,21+/m0/s1. The number of aryl methyl sites for hydroxylation is 1. The predicted octanol–water partition coefficient (Wildman–Crippen LogP) is 3.31. The topological polar surface area (TPSA) is 110 Å². The Morgan fingerprint density at radius 1 is 1.24 bits per heavy atom. The minimum Gasteiger partial charge on any atom is -0.386 e. The highest BCUT2D eigenvalue weighted by Gasteiger charge is 2.43. The molecular weight excluding hydrogens is 451 g/mol. The molecule has 174 valence electrons. The Morgan fingerprint density at radius 3 is 2.79 bits per heavy atom. The number of aromatic nitrogens is 3. The molecule has 0 spiro atoms. The van der Waals surface area contributed by atoms with E-state index in [2.05, 4.69) is 20.3 Å². The molecule has 10 heteroatoms. The first-order chi connectivity index (χ1) is 15.6. The second-order valence-corrected chi connectivity index (χ2v) is 9.44. The molecule has 4 heterocycles. The van der Waals surface area contributed by atoms with Crippen LogP contribution in [0.4, 0.5) is 10.3 Å². The van der Waals surface area contributed by atoms with Crippen LogP contribution in [-0.2, 0) is 15.1 Å². The number of nitrogens with one attached hydrogen (secondary N) is 1. The average molecular weight is 475 g/mol. The third-order valence-corrected chi connectivity index (χ3v) is 6.45. The molecule has 2 aliphatic rings. The zero-order valence-corrected chi connectivity index (χ0v) is 19.1. The third-order valence-electron chi connectivity index (χ3n) is 6.17. The highest BCUT2D eigenvalue weighted by Crippen LogP contribution is 2.35. The monoisotopic (exact) mass is 474 g/mol. The number of ether oxygens (including phenoxy) is 2. The number of hydrogen-bond donors (Lipinski definition) is 3. The Bertz CT molecular complexity index is 1240. The van der Waals surface area contributed by atoms with Crippen LogP contribution in [0.1, 0.15) is 31.4 Å². The molecule has 0 aliphatic carbocycles. The van der Waals surface area contributed by atoms with Gasteiger partial charge >= 0.3 is 0 Å². The first-order valence-corrected chi connectivity index (χ1v) is 11.1. The summed E-state index contributed by atoms with van der Waals surface area (Å²) in [7, 11) is 0. The molecule has 4 atom stereocenters. The van der Waals surface area contributed by atoms with E-state index in [1.165, 1.54) is 0 Å². The number of aliphatic hydroxyl groups is 2. The summed E-state index contributed by atoms with van der Waals surface area (Å²) in [6.45, 7) is 5.64. The summed E-state index contributed by atoms with van der Waals surface area (Å²) in [5.74, 6) is -0.441. The van der Waals surface area contributed by atoms with Gasteiger partial charge in [0.1, 0.15) is 11.8 Å². The van der Waals surface area contributed by atoms with Crippen LogP contribution in [0.2, 0.25) is 5.02 Å². The molecule has 3 aromatic rings. The number of aliphatic hydroxyl groups excluding tert-OH is 1. The van der Waals surface area contributed by atoms with Gasteiger partial charge in [0, 0.05) is 22.7 Å². The smallest absolute Gasteiger partial charge is 0.223 e. The van der Waals surface area contributed by atoms with Gasteiger partial charge in [0.15, 0.2) is 12.1 Å². The van der Waals surface area contributed by atoms with Crippen molar-refractivity contribution < 1.29 is 24.1 Å². The van der Waals surface area contributed by atoms with Gasteiger partial charge in [0.25, 0.3) is 0 Å². The lowest BCUT2D eigenvalue weighted by molar-refractivity contribution is -0.156. The molecule has 0 amide bonds. The predicted molar refractivity (Wildman–Crippen MR) is 120 cm³/mol. The quantitative estimate of drug-likeness (QED) is 0.528. The van der Waals surface area contributed by atoms with E-state index in [0.29, 0.717) is 40.1 Å². The highest BCUT2D eigenvalue weighted by molar-refractivity contribution is 6.35. The van der Waals surface area contributed by atoms with Crippen molar-refractivity contribution in [3.63, 3.8) is 0 Å². The van der Waals surface area contributed by atoms with Crippen LogP contribution in [0.3, 0.4) is 0 Å². The van der Waals surface area contributed by atoms with Crippen LogP contribution in [0, 0.1) is 12.7 Å². The Hall–Kier alpha value is -2.43. The molecule has 0 unspecified atom stereocenters. The van der Waals surface area contributed by atoms with Gasteiger partial charge in [-0.2, -0.15) is 0 Å². The summed E-state index contributed by atoms with van der Waals surface area (Å²) < 4.78 is 25.8. The lowest BCUT2D eigenvalue weighted by Gasteiger charge is -2.32. The molecular formula is C23H24ClFN4O4. The minimum atomic E-state index is -1.10. The van der Waals surface area contributed by atoms with Crippen molar-refractivity contribution in [1.82, 2.24) is 15.0 Å². The van der Waals surface area contributed by atoms with E-state index < -0.39 is 29.9 Å². The fourth-order valence-electron chi connectivity index (χ4n) is 4.48. The number of hydrogen-bond acceptors (Lipinski definition) is 8. The zero-order chi connectivity index (χ0) is 23.5. The maximum Gasteiger partial charge on any atom is 0.223 e. The maximum atomic E-state index is 14.8. The van der Waals surface area contributed by atoms with E-state index in [0.717, 1.165) is 11.8 Å². The fourth-order valence-corrected chi connectivity index (χ4v) is 4.74. The van der Waals surface area contributed by atoms with Gasteiger partial charge in [-0.25, -0.2) is 14.4 Å². The average Bonchev–Trinajstić information content (AvgIpc) is 3.16. The van der Waals surface area contributed by atoms with Crippen molar-refractivity contribution >= 4 is 28.5 Å². The number of pyridine rings is 1. The van der Waals surface area contributed by atoms with Crippen LogP contribution in [0.25, 0.3) is 22.2 Å². The van der Waals surface area contributed by atoms with Gasteiger partial charge in [0.2, 0.25) is 5.95 Å². The first kappa shape index (κ1) is 22.4. The van der Waals surface area contributed by atoms with E-state index in [4.69, 9.17) is 21.1 Å². The van der Waals surface area contributed by atoms with Crippen molar-refractivity contribution in [3.05, 3.63) is 46.5 Å². The number of benzene rings is 1.